The van der Waals surface area contributed by atoms with Gasteiger partial charge in [-0.05, 0) is 25.0 Å². The summed E-state index contributed by atoms with van der Waals surface area (Å²) in [7, 11) is 0. The minimum atomic E-state index is -0.438. The maximum Gasteiger partial charge on any atom is 0.345 e. The molecule has 0 aliphatic carbocycles. The number of rotatable bonds is 2. The van der Waals surface area contributed by atoms with Gasteiger partial charge in [-0.1, -0.05) is 12.1 Å². The minimum absolute atomic E-state index is 0.217. The number of aromatic amines is 1. The van der Waals surface area contributed by atoms with E-state index >= 15 is 0 Å². The van der Waals surface area contributed by atoms with Crippen LogP contribution in [0.5, 0.6) is 0 Å². The lowest BCUT2D eigenvalue weighted by Crippen LogP contribution is -2.40. The molecule has 1 fully saturated rings. The third-order valence-corrected chi connectivity index (χ3v) is 3.79. The number of hydrogen-bond acceptors (Lipinski definition) is 4. The molecule has 0 unspecified atom stereocenters. The summed E-state index contributed by atoms with van der Waals surface area (Å²) in [5.74, 6) is -0.336. The summed E-state index contributed by atoms with van der Waals surface area (Å²) < 4.78 is 13.4. The van der Waals surface area contributed by atoms with Crippen LogP contribution in [0.1, 0.15) is 12.8 Å². The van der Waals surface area contributed by atoms with Gasteiger partial charge in [0.1, 0.15) is 5.82 Å². The van der Waals surface area contributed by atoms with Gasteiger partial charge in [0, 0.05) is 24.7 Å². The van der Waals surface area contributed by atoms with Crippen molar-refractivity contribution in [1.29, 1.82) is 0 Å². The lowest BCUT2D eigenvalue weighted by Gasteiger charge is -2.32. The van der Waals surface area contributed by atoms with Crippen molar-refractivity contribution < 1.29 is 4.39 Å². The van der Waals surface area contributed by atoms with Crippen LogP contribution in [0.4, 0.5) is 10.1 Å². The summed E-state index contributed by atoms with van der Waals surface area (Å²) in [6.07, 6.45) is 3.33. The van der Waals surface area contributed by atoms with E-state index < -0.39 is 5.69 Å². The molecule has 6 heteroatoms. The molecule has 0 radical (unpaired) electrons. The number of benzene rings is 1. The van der Waals surface area contributed by atoms with Gasteiger partial charge in [-0.3, -0.25) is 0 Å². The summed E-state index contributed by atoms with van der Waals surface area (Å²) in [4.78, 5) is 20.2. The van der Waals surface area contributed by atoms with Gasteiger partial charge in [0.05, 0.1) is 17.6 Å². The van der Waals surface area contributed by atoms with Crippen LogP contribution in [0.2, 0.25) is 0 Å². The predicted molar refractivity (Wildman–Crippen MR) is 79.7 cm³/mol. The van der Waals surface area contributed by atoms with E-state index in [1.54, 1.807) is 18.3 Å². The number of nitrogens with one attached hydrogen (secondary N) is 1. The summed E-state index contributed by atoms with van der Waals surface area (Å²) >= 11 is 0. The molecular formula is C15H17FN4O. The monoisotopic (exact) mass is 288 g/mol. The van der Waals surface area contributed by atoms with E-state index in [1.807, 2.05) is 0 Å². The Bertz CT molecular complexity index is 692. The van der Waals surface area contributed by atoms with Crippen molar-refractivity contribution in [3.8, 4) is 11.3 Å². The number of hydrogen-bond donors (Lipinski definition) is 2. The van der Waals surface area contributed by atoms with E-state index in [9.17, 15) is 9.18 Å². The zero-order valence-electron chi connectivity index (χ0n) is 11.6. The molecule has 3 N–H and O–H groups in total. The molecular weight excluding hydrogens is 271 g/mol. The van der Waals surface area contributed by atoms with E-state index in [2.05, 4.69) is 14.9 Å². The normalized spacial score (nSPS) is 16.2. The fourth-order valence-corrected chi connectivity index (χ4v) is 2.63. The molecule has 2 heterocycles. The van der Waals surface area contributed by atoms with Gasteiger partial charge in [0.2, 0.25) is 0 Å². The molecule has 1 aliphatic heterocycles. The molecule has 0 spiro atoms. The smallest absolute Gasteiger partial charge is 0.345 e. The van der Waals surface area contributed by atoms with Gasteiger partial charge in [0.15, 0.2) is 0 Å². The summed E-state index contributed by atoms with van der Waals surface area (Å²) in [6, 6.07) is 6.40. The third-order valence-electron chi connectivity index (χ3n) is 3.79. The molecule has 1 aliphatic rings. The predicted octanol–water partition coefficient (Wildman–Crippen LogP) is 1.50. The Balaban J connectivity index is 2.03. The highest BCUT2D eigenvalue weighted by Gasteiger charge is 2.20. The first kappa shape index (κ1) is 13.8. The second-order valence-electron chi connectivity index (χ2n) is 5.28. The molecule has 21 heavy (non-hydrogen) atoms. The average molecular weight is 288 g/mol. The maximum atomic E-state index is 13.4. The van der Waals surface area contributed by atoms with Crippen molar-refractivity contribution in [3.05, 3.63) is 46.8 Å². The Kier molecular flexibility index (Phi) is 3.70. The molecule has 1 saturated heterocycles. The van der Waals surface area contributed by atoms with Crippen molar-refractivity contribution in [2.24, 2.45) is 5.73 Å². The fraction of sp³-hybridized carbons (Fsp3) is 0.333. The molecule has 0 amide bonds. The minimum Gasteiger partial charge on any atom is -0.368 e. The van der Waals surface area contributed by atoms with Crippen molar-refractivity contribution in [1.82, 2.24) is 9.97 Å². The van der Waals surface area contributed by atoms with E-state index in [4.69, 9.17) is 5.73 Å². The quantitative estimate of drug-likeness (QED) is 0.878. The standard InChI is InChI=1S/C15H17FN4O/c16-11-3-1-2-10(8-11)14-13(9-18-15(21)19-14)20-6-4-12(17)5-7-20/h1-3,8-9,12H,4-7,17H2,(H,18,19,21). The Morgan fingerprint density at radius 1 is 1.33 bits per heavy atom. The molecule has 0 saturated carbocycles. The molecule has 3 rings (SSSR count). The molecule has 2 aromatic rings. The van der Waals surface area contributed by atoms with Gasteiger partial charge < -0.3 is 15.6 Å². The number of anilines is 1. The number of H-pyrrole nitrogens is 1. The van der Waals surface area contributed by atoms with Crippen molar-refractivity contribution in [2.45, 2.75) is 18.9 Å². The van der Waals surface area contributed by atoms with E-state index in [0.29, 0.717) is 11.3 Å². The van der Waals surface area contributed by atoms with Crippen LogP contribution in [0, 0.1) is 5.82 Å². The molecule has 1 aromatic heterocycles. The summed E-state index contributed by atoms with van der Waals surface area (Å²) in [6.45, 7) is 1.61. The SMILES string of the molecule is NC1CCN(c2cnc(=O)[nH]c2-c2cccc(F)c2)CC1. The number of halogens is 1. The van der Waals surface area contributed by atoms with E-state index in [-0.39, 0.29) is 11.9 Å². The van der Waals surface area contributed by atoms with Gasteiger partial charge in [-0.2, -0.15) is 4.98 Å². The van der Waals surface area contributed by atoms with Crippen LogP contribution in [0.15, 0.2) is 35.3 Å². The Morgan fingerprint density at radius 2 is 2.10 bits per heavy atom. The average Bonchev–Trinajstić information content (AvgIpc) is 2.48. The lowest BCUT2D eigenvalue weighted by molar-refractivity contribution is 0.501. The molecule has 110 valence electrons. The second-order valence-corrected chi connectivity index (χ2v) is 5.28. The molecule has 1 aromatic carbocycles. The zero-order valence-corrected chi connectivity index (χ0v) is 11.6. The van der Waals surface area contributed by atoms with E-state index in [0.717, 1.165) is 31.6 Å². The number of nitrogens with two attached hydrogens (primary N) is 1. The summed E-state index contributed by atoms with van der Waals surface area (Å²) in [5.41, 5.74) is 7.53. The van der Waals surface area contributed by atoms with Crippen LogP contribution in [0.3, 0.4) is 0 Å². The largest absolute Gasteiger partial charge is 0.368 e. The second kappa shape index (κ2) is 5.65. The van der Waals surface area contributed by atoms with Crippen molar-refractivity contribution >= 4 is 5.69 Å². The number of nitrogens with zero attached hydrogens (tertiary/aromatic N) is 2. The summed E-state index contributed by atoms with van der Waals surface area (Å²) in [5, 5.41) is 0. The van der Waals surface area contributed by atoms with Crippen molar-refractivity contribution in [3.63, 3.8) is 0 Å². The van der Waals surface area contributed by atoms with Crippen LogP contribution in [-0.4, -0.2) is 29.1 Å². The van der Waals surface area contributed by atoms with Gasteiger partial charge >= 0.3 is 5.69 Å². The van der Waals surface area contributed by atoms with Crippen molar-refractivity contribution in [2.75, 3.05) is 18.0 Å². The lowest BCUT2D eigenvalue weighted by atomic mass is 10.0. The van der Waals surface area contributed by atoms with Gasteiger partial charge in [0.25, 0.3) is 0 Å². The highest BCUT2D eigenvalue weighted by molar-refractivity contribution is 5.74. The van der Waals surface area contributed by atoms with E-state index in [1.165, 1.54) is 12.1 Å². The third kappa shape index (κ3) is 2.95. The topological polar surface area (TPSA) is 75.0 Å². The maximum absolute atomic E-state index is 13.4. The molecule has 0 bridgehead atoms. The highest BCUT2D eigenvalue weighted by atomic mass is 19.1. The number of aromatic nitrogens is 2. The fourth-order valence-electron chi connectivity index (χ4n) is 2.63. The first-order valence-electron chi connectivity index (χ1n) is 6.99. The van der Waals surface area contributed by atoms with Crippen LogP contribution < -0.4 is 16.3 Å². The van der Waals surface area contributed by atoms with Gasteiger partial charge in [-0.25, -0.2) is 9.18 Å². The van der Waals surface area contributed by atoms with Gasteiger partial charge in [-0.15, -0.1) is 0 Å². The Labute approximate surface area is 121 Å². The zero-order chi connectivity index (χ0) is 14.8. The Morgan fingerprint density at radius 3 is 2.81 bits per heavy atom. The van der Waals surface area contributed by atoms with Crippen LogP contribution in [-0.2, 0) is 0 Å². The number of piperidine rings is 1. The molecule has 5 nitrogen and oxygen atoms in total. The Hall–Kier alpha value is -2.21. The van der Waals surface area contributed by atoms with Crippen LogP contribution in [0.25, 0.3) is 11.3 Å². The molecule has 0 atom stereocenters. The highest BCUT2D eigenvalue weighted by Crippen LogP contribution is 2.29. The van der Waals surface area contributed by atoms with Crippen LogP contribution >= 0.6 is 0 Å². The first-order valence-corrected chi connectivity index (χ1v) is 6.99. The first-order chi connectivity index (χ1) is 10.1.